The van der Waals surface area contributed by atoms with Crippen LogP contribution in [0.5, 0.6) is 0 Å². The molecule has 0 heterocycles. The molecule has 0 bridgehead atoms. The molecule has 0 saturated heterocycles. The van der Waals surface area contributed by atoms with E-state index in [1.807, 2.05) is 6.26 Å². The van der Waals surface area contributed by atoms with Crippen molar-refractivity contribution in [2.45, 2.75) is 38.8 Å². The highest BCUT2D eigenvalue weighted by Crippen LogP contribution is 2.08. The van der Waals surface area contributed by atoms with Crippen LogP contribution in [0, 0.1) is 0 Å². The molecule has 0 fully saturated rings. The summed E-state index contributed by atoms with van der Waals surface area (Å²) in [6.07, 6.45) is 6.34. The number of benzene rings is 2. The molecule has 0 radical (unpaired) electrons. The zero-order valence-corrected chi connectivity index (χ0v) is 14.8. The Morgan fingerprint density at radius 1 is 0.955 bits per heavy atom. The lowest BCUT2D eigenvalue weighted by molar-refractivity contribution is 0.157. The van der Waals surface area contributed by atoms with Gasteiger partial charge in [0, 0.05) is 0 Å². The maximum Gasteiger partial charge on any atom is 0.103 e. The van der Waals surface area contributed by atoms with Crippen molar-refractivity contribution >= 4 is 19.2 Å². The van der Waals surface area contributed by atoms with Crippen molar-refractivity contribution in [3.05, 3.63) is 73.0 Å². The predicted octanol–water partition coefficient (Wildman–Crippen LogP) is 3.75. The number of hydrogen-bond acceptors (Lipinski definition) is 1. The maximum absolute atomic E-state index is 5.75. The summed E-state index contributed by atoms with van der Waals surface area (Å²) in [5, 5.41) is 3.04. The second-order valence-corrected chi connectivity index (χ2v) is 8.69. The molecule has 1 atom stereocenters. The van der Waals surface area contributed by atoms with Gasteiger partial charge in [0.25, 0.3) is 0 Å². The molecule has 116 valence electrons. The summed E-state index contributed by atoms with van der Waals surface area (Å²) >= 11 is 0. The van der Waals surface area contributed by atoms with Gasteiger partial charge in [-0.25, -0.2) is 0 Å². The van der Waals surface area contributed by atoms with Crippen LogP contribution in [0.25, 0.3) is 0 Å². The standard InChI is InChI=1S/C20H26OSi/c1-3-4-16-21-18(2)15-17-22(19-11-7-5-8-12-19)20-13-9-6-10-14-20/h4-14,16,18,22H,3,15,17H2,1-2H3. The van der Waals surface area contributed by atoms with Gasteiger partial charge in [-0.05, 0) is 25.8 Å². The van der Waals surface area contributed by atoms with E-state index in [0.29, 0.717) is 0 Å². The number of rotatable bonds is 8. The summed E-state index contributed by atoms with van der Waals surface area (Å²) in [4.78, 5) is 0. The zero-order chi connectivity index (χ0) is 15.6. The molecule has 2 aromatic carbocycles. The van der Waals surface area contributed by atoms with Gasteiger partial charge in [0.05, 0.1) is 12.4 Å². The minimum Gasteiger partial charge on any atom is -0.499 e. The summed E-state index contributed by atoms with van der Waals surface area (Å²) in [6.45, 7) is 4.29. The van der Waals surface area contributed by atoms with Crippen LogP contribution in [0.3, 0.4) is 0 Å². The molecule has 2 heteroatoms. The number of allylic oxidation sites excluding steroid dienone is 1. The SMILES string of the molecule is CCC=COC(C)CC[SiH](c1ccccc1)c1ccccc1. The van der Waals surface area contributed by atoms with Crippen molar-refractivity contribution in [2.24, 2.45) is 0 Å². The summed E-state index contributed by atoms with van der Waals surface area (Å²) in [6, 6.07) is 23.2. The highest BCUT2D eigenvalue weighted by molar-refractivity contribution is 6.85. The lowest BCUT2D eigenvalue weighted by Crippen LogP contribution is -2.42. The van der Waals surface area contributed by atoms with Gasteiger partial charge in [-0.2, -0.15) is 0 Å². The molecular formula is C20H26OSi. The Hall–Kier alpha value is -1.80. The topological polar surface area (TPSA) is 9.23 Å². The van der Waals surface area contributed by atoms with E-state index in [-0.39, 0.29) is 6.10 Å². The van der Waals surface area contributed by atoms with E-state index in [0.717, 1.165) is 12.8 Å². The number of ether oxygens (including phenoxy) is 1. The Labute approximate surface area is 136 Å². The van der Waals surface area contributed by atoms with E-state index >= 15 is 0 Å². The second-order valence-electron chi connectivity index (χ2n) is 5.68. The molecule has 2 rings (SSSR count). The van der Waals surface area contributed by atoms with Gasteiger partial charge in [0.1, 0.15) is 8.80 Å². The van der Waals surface area contributed by atoms with Crippen molar-refractivity contribution in [3.8, 4) is 0 Å². The lowest BCUT2D eigenvalue weighted by atomic mass is 10.3. The first-order chi connectivity index (χ1) is 10.8. The van der Waals surface area contributed by atoms with E-state index in [4.69, 9.17) is 4.74 Å². The highest BCUT2D eigenvalue weighted by atomic mass is 28.3. The Balaban J connectivity index is 2.05. The van der Waals surface area contributed by atoms with Gasteiger partial charge in [0.2, 0.25) is 0 Å². The molecule has 1 nitrogen and oxygen atoms in total. The lowest BCUT2D eigenvalue weighted by Gasteiger charge is -2.19. The van der Waals surface area contributed by atoms with Crippen LogP contribution in [-0.2, 0) is 4.74 Å². The van der Waals surface area contributed by atoms with Gasteiger partial charge in [-0.1, -0.05) is 84.0 Å². The minimum atomic E-state index is -1.15. The molecule has 0 spiro atoms. The molecule has 0 saturated carbocycles. The van der Waals surface area contributed by atoms with Crippen LogP contribution < -0.4 is 10.4 Å². The molecule has 0 aliphatic rings. The van der Waals surface area contributed by atoms with Crippen LogP contribution >= 0.6 is 0 Å². The summed E-state index contributed by atoms with van der Waals surface area (Å²) in [7, 11) is -1.15. The van der Waals surface area contributed by atoms with Crippen molar-refractivity contribution in [2.75, 3.05) is 0 Å². The first-order valence-corrected chi connectivity index (χ1v) is 10.2. The Morgan fingerprint density at radius 3 is 2.00 bits per heavy atom. The molecular weight excluding hydrogens is 284 g/mol. The van der Waals surface area contributed by atoms with Gasteiger partial charge < -0.3 is 4.74 Å². The first kappa shape index (κ1) is 16.6. The van der Waals surface area contributed by atoms with Crippen molar-refractivity contribution in [1.29, 1.82) is 0 Å². The van der Waals surface area contributed by atoms with E-state index in [1.54, 1.807) is 0 Å². The van der Waals surface area contributed by atoms with Crippen molar-refractivity contribution < 1.29 is 4.74 Å². The number of hydrogen-bond donors (Lipinski definition) is 0. The van der Waals surface area contributed by atoms with Crippen LogP contribution in [-0.4, -0.2) is 14.9 Å². The molecule has 0 aliphatic heterocycles. The molecule has 0 amide bonds. The van der Waals surface area contributed by atoms with E-state index in [9.17, 15) is 0 Å². The van der Waals surface area contributed by atoms with Crippen LogP contribution in [0.4, 0.5) is 0 Å². The zero-order valence-electron chi connectivity index (χ0n) is 13.6. The molecule has 22 heavy (non-hydrogen) atoms. The average Bonchev–Trinajstić information content (AvgIpc) is 2.57. The minimum absolute atomic E-state index is 0.283. The molecule has 1 unspecified atom stereocenters. The highest BCUT2D eigenvalue weighted by Gasteiger charge is 2.17. The largest absolute Gasteiger partial charge is 0.499 e. The van der Waals surface area contributed by atoms with Crippen molar-refractivity contribution in [3.63, 3.8) is 0 Å². The van der Waals surface area contributed by atoms with Crippen LogP contribution in [0.15, 0.2) is 73.0 Å². The second kappa shape index (κ2) is 9.26. The van der Waals surface area contributed by atoms with E-state index in [1.165, 1.54) is 16.4 Å². The average molecular weight is 311 g/mol. The summed E-state index contributed by atoms with van der Waals surface area (Å²) in [5.41, 5.74) is 0. The molecule has 0 aromatic heterocycles. The fourth-order valence-corrected chi connectivity index (χ4v) is 5.88. The quantitative estimate of drug-likeness (QED) is 0.533. The summed E-state index contributed by atoms with van der Waals surface area (Å²) < 4.78 is 5.75. The predicted molar refractivity (Wildman–Crippen MR) is 98.7 cm³/mol. The van der Waals surface area contributed by atoms with Crippen LogP contribution in [0.1, 0.15) is 26.7 Å². The maximum atomic E-state index is 5.75. The van der Waals surface area contributed by atoms with Gasteiger partial charge in [0.15, 0.2) is 0 Å². The van der Waals surface area contributed by atoms with Gasteiger partial charge in [-0.3, -0.25) is 0 Å². The monoisotopic (exact) mass is 310 g/mol. The Bertz CT molecular complexity index is 511. The fraction of sp³-hybridized carbons (Fsp3) is 0.300. The third-order valence-corrected chi connectivity index (χ3v) is 7.20. The molecule has 2 aromatic rings. The van der Waals surface area contributed by atoms with Gasteiger partial charge in [-0.15, -0.1) is 0 Å². The first-order valence-electron chi connectivity index (χ1n) is 8.21. The van der Waals surface area contributed by atoms with E-state index in [2.05, 4.69) is 80.6 Å². The Morgan fingerprint density at radius 2 is 1.50 bits per heavy atom. The normalized spacial score (nSPS) is 12.7. The van der Waals surface area contributed by atoms with E-state index < -0.39 is 8.80 Å². The third kappa shape index (κ3) is 5.19. The Kier molecular flexibility index (Phi) is 6.97. The van der Waals surface area contributed by atoms with Crippen molar-refractivity contribution in [1.82, 2.24) is 0 Å². The fourth-order valence-electron chi connectivity index (χ4n) is 2.65. The van der Waals surface area contributed by atoms with Crippen LogP contribution in [0.2, 0.25) is 6.04 Å². The summed E-state index contributed by atoms with van der Waals surface area (Å²) in [5.74, 6) is 0. The molecule has 0 aliphatic carbocycles. The molecule has 0 N–H and O–H groups in total. The van der Waals surface area contributed by atoms with Gasteiger partial charge >= 0.3 is 0 Å². The third-order valence-electron chi connectivity index (χ3n) is 3.91. The smallest absolute Gasteiger partial charge is 0.103 e.